The topological polar surface area (TPSA) is 23.5 Å². The van der Waals surface area contributed by atoms with E-state index in [-0.39, 0.29) is 6.10 Å². The van der Waals surface area contributed by atoms with Gasteiger partial charge in [-0.25, -0.2) is 0 Å². The SMILES string of the molecule is CCCCCC(O)/C=C/N1CCCC1. The standard InChI is InChI=1S/C12H23NO/c1-2-3-4-7-12(14)8-11-13-9-5-6-10-13/h8,11-12,14H,2-7,9-10H2,1H3/b11-8+. The van der Waals surface area contributed by atoms with Gasteiger partial charge in [0.2, 0.25) is 0 Å². The summed E-state index contributed by atoms with van der Waals surface area (Å²) in [6.07, 6.45) is 10.9. The van der Waals surface area contributed by atoms with Gasteiger partial charge in [-0.05, 0) is 31.5 Å². The Labute approximate surface area is 87.6 Å². The molecule has 1 heterocycles. The molecule has 0 saturated carbocycles. The highest BCUT2D eigenvalue weighted by molar-refractivity contribution is 4.90. The van der Waals surface area contributed by atoms with Crippen molar-refractivity contribution in [1.82, 2.24) is 4.90 Å². The summed E-state index contributed by atoms with van der Waals surface area (Å²) in [5.41, 5.74) is 0. The van der Waals surface area contributed by atoms with Crippen LogP contribution in [0.2, 0.25) is 0 Å². The molecule has 0 amide bonds. The summed E-state index contributed by atoms with van der Waals surface area (Å²) in [6, 6.07) is 0. The number of hydrogen-bond donors (Lipinski definition) is 1. The molecule has 0 spiro atoms. The highest BCUT2D eigenvalue weighted by Gasteiger charge is 2.07. The van der Waals surface area contributed by atoms with Crippen molar-refractivity contribution >= 4 is 0 Å². The molecule has 0 aromatic heterocycles. The first-order chi connectivity index (χ1) is 6.83. The van der Waals surface area contributed by atoms with Crippen molar-refractivity contribution in [3.63, 3.8) is 0 Å². The lowest BCUT2D eigenvalue weighted by atomic mass is 10.1. The van der Waals surface area contributed by atoms with Gasteiger partial charge in [0, 0.05) is 13.1 Å². The van der Waals surface area contributed by atoms with E-state index < -0.39 is 0 Å². The Balaban J connectivity index is 2.08. The number of nitrogens with zero attached hydrogens (tertiary/aromatic N) is 1. The Morgan fingerprint density at radius 1 is 1.29 bits per heavy atom. The highest BCUT2D eigenvalue weighted by atomic mass is 16.3. The number of hydrogen-bond acceptors (Lipinski definition) is 2. The molecular weight excluding hydrogens is 174 g/mol. The largest absolute Gasteiger partial charge is 0.389 e. The van der Waals surface area contributed by atoms with Gasteiger partial charge in [0.25, 0.3) is 0 Å². The fraction of sp³-hybridized carbons (Fsp3) is 0.833. The fourth-order valence-electron chi connectivity index (χ4n) is 1.81. The van der Waals surface area contributed by atoms with Gasteiger partial charge in [-0.3, -0.25) is 0 Å². The van der Waals surface area contributed by atoms with Crippen LogP contribution in [0.15, 0.2) is 12.3 Å². The molecule has 14 heavy (non-hydrogen) atoms. The number of aliphatic hydroxyl groups is 1. The summed E-state index contributed by atoms with van der Waals surface area (Å²) in [7, 11) is 0. The van der Waals surface area contributed by atoms with Crippen LogP contribution in [0.1, 0.15) is 45.4 Å². The second-order valence-corrected chi connectivity index (χ2v) is 4.15. The van der Waals surface area contributed by atoms with E-state index in [1.54, 1.807) is 0 Å². The molecule has 1 saturated heterocycles. The van der Waals surface area contributed by atoms with Crippen molar-refractivity contribution in [2.45, 2.75) is 51.6 Å². The summed E-state index contributed by atoms with van der Waals surface area (Å²) in [6.45, 7) is 4.52. The molecule has 1 fully saturated rings. The Kier molecular flexibility index (Phi) is 5.69. The van der Waals surface area contributed by atoms with Gasteiger partial charge < -0.3 is 10.0 Å². The summed E-state index contributed by atoms with van der Waals surface area (Å²) in [5, 5.41) is 9.62. The normalized spacial score (nSPS) is 19.4. The number of aliphatic hydroxyl groups excluding tert-OH is 1. The zero-order valence-electron chi connectivity index (χ0n) is 9.28. The summed E-state index contributed by atoms with van der Waals surface area (Å²) in [4.78, 5) is 2.29. The number of unbranched alkanes of at least 4 members (excludes halogenated alkanes) is 2. The van der Waals surface area contributed by atoms with Crippen molar-refractivity contribution in [1.29, 1.82) is 0 Å². The third-order valence-corrected chi connectivity index (χ3v) is 2.76. The Hall–Kier alpha value is -0.500. The van der Waals surface area contributed by atoms with Crippen LogP contribution in [-0.2, 0) is 0 Å². The van der Waals surface area contributed by atoms with Gasteiger partial charge >= 0.3 is 0 Å². The van der Waals surface area contributed by atoms with Gasteiger partial charge in [-0.1, -0.05) is 26.2 Å². The Morgan fingerprint density at radius 2 is 2.00 bits per heavy atom. The predicted octanol–water partition coefficient (Wildman–Crippen LogP) is 2.54. The average Bonchev–Trinajstić information content (AvgIpc) is 2.68. The fourth-order valence-corrected chi connectivity index (χ4v) is 1.81. The lowest BCUT2D eigenvalue weighted by Gasteiger charge is -2.12. The van der Waals surface area contributed by atoms with Crippen molar-refractivity contribution in [3.05, 3.63) is 12.3 Å². The minimum Gasteiger partial charge on any atom is -0.389 e. The molecule has 82 valence electrons. The average molecular weight is 197 g/mol. The van der Waals surface area contributed by atoms with E-state index >= 15 is 0 Å². The highest BCUT2D eigenvalue weighted by Crippen LogP contribution is 2.09. The van der Waals surface area contributed by atoms with Crippen molar-refractivity contribution in [3.8, 4) is 0 Å². The van der Waals surface area contributed by atoms with E-state index in [9.17, 15) is 5.11 Å². The van der Waals surface area contributed by atoms with Gasteiger partial charge in [0.05, 0.1) is 6.10 Å². The maximum absolute atomic E-state index is 9.62. The molecule has 1 aliphatic rings. The summed E-state index contributed by atoms with van der Waals surface area (Å²) >= 11 is 0. The van der Waals surface area contributed by atoms with E-state index in [0.29, 0.717) is 0 Å². The van der Waals surface area contributed by atoms with Crippen LogP contribution in [-0.4, -0.2) is 29.2 Å². The second-order valence-electron chi connectivity index (χ2n) is 4.15. The van der Waals surface area contributed by atoms with Gasteiger partial charge in [-0.2, -0.15) is 0 Å². The molecule has 0 bridgehead atoms. The minimum absolute atomic E-state index is 0.234. The van der Waals surface area contributed by atoms with Gasteiger partial charge in [-0.15, -0.1) is 0 Å². The van der Waals surface area contributed by atoms with E-state index in [1.165, 1.54) is 25.7 Å². The molecule has 1 unspecified atom stereocenters. The van der Waals surface area contributed by atoms with Crippen LogP contribution >= 0.6 is 0 Å². The predicted molar refractivity (Wildman–Crippen MR) is 60.1 cm³/mol. The van der Waals surface area contributed by atoms with Crippen LogP contribution in [0.3, 0.4) is 0 Å². The Morgan fingerprint density at radius 3 is 2.64 bits per heavy atom. The molecule has 2 nitrogen and oxygen atoms in total. The third-order valence-electron chi connectivity index (χ3n) is 2.76. The molecule has 0 aromatic carbocycles. The second kappa shape index (κ2) is 6.88. The maximum atomic E-state index is 9.62. The monoisotopic (exact) mass is 197 g/mol. The van der Waals surface area contributed by atoms with Crippen molar-refractivity contribution in [2.75, 3.05) is 13.1 Å². The van der Waals surface area contributed by atoms with Crippen LogP contribution in [0.5, 0.6) is 0 Å². The van der Waals surface area contributed by atoms with Crippen molar-refractivity contribution < 1.29 is 5.11 Å². The third kappa shape index (κ3) is 4.66. The quantitative estimate of drug-likeness (QED) is 0.661. The first kappa shape index (κ1) is 11.6. The molecule has 1 aliphatic heterocycles. The first-order valence-corrected chi connectivity index (χ1v) is 5.93. The maximum Gasteiger partial charge on any atom is 0.0737 e. The Bertz CT molecular complexity index is 162. The lowest BCUT2D eigenvalue weighted by molar-refractivity contribution is 0.206. The molecule has 2 heteroatoms. The summed E-state index contributed by atoms with van der Waals surface area (Å²) < 4.78 is 0. The minimum atomic E-state index is -0.234. The first-order valence-electron chi connectivity index (χ1n) is 5.93. The molecule has 0 radical (unpaired) electrons. The summed E-state index contributed by atoms with van der Waals surface area (Å²) in [5.74, 6) is 0. The lowest BCUT2D eigenvalue weighted by Crippen LogP contribution is -2.12. The van der Waals surface area contributed by atoms with E-state index in [1.807, 2.05) is 6.08 Å². The smallest absolute Gasteiger partial charge is 0.0737 e. The van der Waals surface area contributed by atoms with Crippen LogP contribution in [0.4, 0.5) is 0 Å². The molecule has 1 rings (SSSR count). The van der Waals surface area contributed by atoms with E-state index in [0.717, 1.165) is 25.9 Å². The van der Waals surface area contributed by atoms with Crippen LogP contribution < -0.4 is 0 Å². The van der Waals surface area contributed by atoms with E-state index in [4.69, 9.17) is 0 Å². The van der Waals surface area contributed by atoms with Gasteiger partial charge in [0.1, 0.15) is 0 Å². The van der Waals surface area contributed by atoms with Crippen molar-refractivity contribution in [2.24, 2.45) is 0 Å². The van der Waals surface area contributed by atoms with Crippen LogP contribution in [0.25, 0.3) is 0 Å². The molecule has 1 N–H and O–H groups in total. The zero-order valence-corrected chi connectivity index (χ0v) is 9.28. The molecule has 1 atom stereocenters. The van der Waals surface area contributed by atoms with Crippen LogP contribution in [0, 0.1) is 0 Å². The zero-order chi connectivity index (χ0) is 10.2. The number of rotatable bonds is 6. The van der Waals surface area contributed by atoms with Gasteiger partial charge in [0.15, 0.2) is 0 Å². The molecule has 0 aromatic rings. The van der Waals surface area contributed by atoms with E-state index in [2.05, 4.69) is 18.0 Å². The molecular formula is C12H23NO. The number of likely N-dealkylation sites (tertiary alicyclic amines) is 1. The molecule has 0 aliphatic carbocycles.